The van der Waals surface area contributed by atoms with Crippen LogP contribution in [0, 0.1) is 0 Å². The van der Waals surface area contributed by atoms with Crippen molar-refractivity contribution < 1.29 is 14.6 Å². The summed E-state index contributed by atoms with van der Waals surface area (Å²) in [7, 11) is 0. The van der Waals surface area contributed by atoms with E-state index in [2.05, 4.69) is 17.2 Å². The van der Waals surface area contributed by atoms with Gasteiger partial charge in [0.05, 0.1) is 13.2 Å². The Kier molecular flexibility index (Phi) is 6.59. The number of aliphatic hydroxyl groups is 1. The van der Waals surface area contributed by atoms with E-state index in [9.17, 15) is 9.90 Å². The lowest BCUT2D eigenvalue weighted by Crippen LogP contribution is -2.37. The Morgan fingerprint density at radius 1 is 1.55 bits per heavy atom. The highest BCUT2D eigenvalue weighted by atomic mass is 16.5. The topological polar surface area (TPSA) is 70.6 Å². The normalized spacial score (nSPS) is 11.6. The number of carbonyl (C=O) groups excluding carboxylic acids is 1. The molecule has 110 valence electrons. The summed E-state index contributed by atoms with van der Waals surface area (Å²) < 4.78 is 5.41. The summed E-state index contributed by atoms with van der Waals surface area (Å²) in [4.78, 5) is 11.7. The predicted molar refractivity (Wildman–Crippen MR) is 79.8 cm³/mol. The molecule has 0 radical (unpaired) electrons. The van der Waals surface area contributed by atoms with Gasteiger partial charge in [-0.05, 0) is 32.0 Å². The van der Waals surface area contributed by atoms with Gasteiger partial charge in [-0.3, -0.25) is 4.79 Å². The second-order valence-corrected chi connectivity index (χ2v) is 4.31. The Balaban J connectivity index is 2.72. The minimum Gasteiger partial charge on any atom is -0.494 e. The van der Waals surface area contributed by atoms with Crippen LogP contribution in [0.5, 0.6) is 5.75 Å². The Hall–Kier alpha value is -2.01. The summed E-state index contributed by atoms with van der Waals surface area (Å²) in [6.07, 6.45) is 1.63. The number of hydrogen-bond donors (Lipinski definition) is 3. The van der Waals surface area contributed by atoms with Crippen molar-refractivity contribution >= 4 is 11.6 Å². The molecule has 1 rings (SSSR count). The predicted octanol–water partition coefficient (Wildman–Crippen LogP) is 1.68. The van der Waals surface area contributed by atoms with Crippen LogP contribution in [0.4, 0.5) is 5.69 Å². The SMILES string of the molecule is C=CCNC(=O)C(C)Nc1ccc(OCC)c(CO)c1. The fraction of sp³-hybridized carbons (Fsp3) is 0.400. The number of benzene rings is 1. The molecule has 20 heavy (non-hydrogen) atoms. The number of amides is 1. The Morgan fingerprint density at radius 2 is 2.30 bits per heavy atom. The van der Waals surface area contributed by atoms with Gasteiger partial charge in [-0.1, -0.05) is 6.08 Å². The van der Waals surface area contributed by atoms with E-state index in [0.717, 1.165) is 5.69 Å². The molecule has 0 fully saturated rings. The van der Waals surface area contributed by atoms with Crippen LogP contribution >= 0.6 is 0 Å². The smallest absolute Gasteiger partial charge is 0.242 e. The Morgan fingerprint density at radius 3 is 2.90 bits per heavy atom. The largest absolute Gasteiger partial charge is 0.494 e. The van der Waals surface area contributed by atoms with Gasteiger partial charge in [-0.2, -0.15) is 0 Å². The van der Waals surface area contributed by atoms with E-state index in [-0.39, 0.29) is 18.6 Å². The standard InChI is InChI=1S/C15H22N2O3/c1-4-8-16-15(19)11(3)17-13-6-7-14(20-5-2)12(9-13)10-18/h4,6-7,9,11,17-18H,1,5,8,10H2,2-3H3,(H,16,19). The van der Waals surface area contributed by atoms with Gasteiger partial charge in [0.25, 0.3) is 0 Å². The third-order valence-electron chi connectivity index (χ3n) is 2.73. The van der Waals surface area contributed by atoms with Crippen LogP contribution in [-0.4, -0.2) is 30.2 Å². The van der Waals surface area contributed by atoms with Gasteiger partial charge >= 0.3 is 0 Å². The molecule has 0 saturated carbocycles. The molecule has 5 heteroatoms. The third-order valence-corrected chi connectivity index (χ3v) is 2.73. The highest BCUT2D eigenvalue weighted by molar-refractivity contribution is 5.84. The zero-order valence-electron chi connectivity index (χ0n) is 12.0. The quantitative estimate of drug-likeness (QED) is 0.633. The molecule has 3 N–H and O–H groups in total. The molecule has 0 spiro atoms. The van der Waals surface area contributed by atoms with Crippen LogP contribution in [0.15, 0.2) is 30.9 Å². The van der Waals surface area contributed by atoms with Crippen molar-refractivity contribution in [1.29, 1.82) is 0 Å². The highest BCUT2D eigenvalue weighted by Crippen LogP contribution is 2.23. The first-order valence-electron chi connectivity index (χ1n) is 6.64. The molecule has 0 saturated heterocycles. The molecule has 0 aromatic heterocycles. The van der Waals surface area contributed by atoms with E-state index >= 15 is 0 Å². The van der Waals surface area contributed by atoms with E-state index in [4.69, 9.17) is 4.74 Å². The van der Waals surface area contributed by atoms with Gasteiger partial charge in [0.15, 0.2) is 0 Å². The lowest BCUT2D eigenvalue weighted by molar-refractivity contribution is -0.121. The molecule has 0 heterocycles. The van der Waals surface area contributed by atoms with Crippen molar-refractivity contribution in [3.63, 3.8) is 0 Å². The molecule has 5 nitrogen and oxygen atoms in total. The van der Waals surface area contributed by atoms with Crippen molar-refractivity contribution in [3.05, 3.63) is 36.4 Å². The van der Waals surface area contributed by atoms with Crippen LogP contribution in [0.2, 0.25) is 0 Å². The van der Waals surface area contributed by atoms with Crippen molar-refractivity contribution in [3.8, 4) is 5.75 Å². The molecule has 1 aromatic carbocycles. The van der Waals surface area contributed by atoms with Crippen LogP contribution in [-0.2, 0) is 11.4 Å². The molecule has 1 unspecified atom stereocenters. The van der Waals surface area contributed by atoms with E-state index in [1.807, 2.05) is 13.0 Å². The number of aliphatic hydroxyl groups excluding tert-OH is 1. The molecule has 0 bridgehead atoms. The lowest BCUT2D eigenvalue weighted by Gasteiger charge is -2.16. The number of nitrogens with one attached hydrogen (secondary N) is 2. The highest BCUT2D eigenvalue weighted by Gasteiger charge is 2.12. The average molecular weight is 278 g/mol. The summed E-state index contributed by atoms with van der Waals surface area (Å²) >= 11 is 0. The molecular weight excluding hydrogens is 256 g/mol. The summed E-state index contributed by atoms with van der Waals surface area (Å²) in [6.45, 7) is 8.08. The van der Waals surface area contributed by atoms with Crippen molar-refractivity contribution in [1.82, 2.24) is 5.32 Å². The van der Waals surface area contributed by atoms with E-state index < -0.39 is 0 Å². The Bertz CT molecular complexity index is 460. The van der Waals surface area contributed by atoms with E-state index in [0.29, 0.717) is 24.5 Å². The molecule has 0 aliphatic heterocycles. The van der Waals surface area contributed by atoms with Gasteiger partial charge in [0.1, 0.15) is 11.8 Å². The summed E-state index contributed by atoms with van der Waals surface area (Å²) in [5, 5.41) is 15.1. The number of ether oxygens (including phenoxy) is 1. The third kappa shape index (κ3) is 4.59. The molecule has 0 aliphatic carbocycles. The average Bonchev–Trinajstić information content (AvgIpc) is 2.46. The summed E-state index contributed by atoms with van der Waals surface area (Å²) in [6, 6.07) is 5.01. The zero-order valence-corrected chi connectivity index (χ0v) is 12.0. The van der Waals surface area contributed by atoms with Crippen LogP contribution in [0.25, 0.3) is 0 Å². The second kappa shape index (κ2) is 8.22. The van der Waals surface area contributed by atoms with Gasteiger partial charge in [-0.15, -0.1) is 6.58 Å². The molecule has 1 aromatic rings. The first kappa shape index (κ1) is 16.0. The number of hydrogen-bond acceptors (Lipinski definition) is 4. The van der Waals surface area contributed by atoms with Gasteiger partial charge in [0, 0.05) is 17.8 Å². The molecule has 1 amide bonds. The first-order chi connectivity index (χ1) is 9.62. The van der Waals surface area contributed by atoms with E-state index in [1.54, 1.807) is 25.1 Å². The summed E-state index contributed by atoms with van der Waals surface area (Å²) in [5.41, 5.74) is 1.45. The number of rotatable bonds is 8. The zero-order chi connectivity index (χ0) is 15.0. The van der Waals surface area contributed by atoms with Crippen LogP contribution in [0.1, 0.15) is 19.4 Å². The maximum Gasteiger partial charge on any atom is 0.242 e. The van der Waals surface area contributed by atoms with Gasteiger partial charge in [-0.25, -0.2) is 0 Å². The van der Waals surface area contributed by atoms with E-state index in [1.165, 1.54) is 0 Å². The van der Waals surface area contributed by atoms with Gasteiger partial charge in [0.2, 0.25) is 5.91 Å². The monoisotopic (exact) mass is 278 g/mol. The van der Waals surface area contributed by atoms with Crippen molar-refractivity contribution in [2.45, 2.75) is 26.5 Å². The maximum atomic E-state index is 11.7. The van der Waals surface area contributed by atoms with Crippen LogP contribution in [0.3, 0.4) is 0 Å². The second-order valence-electron chi connectivity index (χ2n) is 4.31. The van der Waals surface area contributed by atoms with Crippen LogP contribution < -0.4 is 15.4 Å². The fourth-order valence-corrected chi connectivity index (χ4v) is 1.73. The minimum absolute atomic E-state index is 0.107. The first-order valence-corrected chi connectivity index (χ1v) is 6.64. The van der Waals surface area contributed by atoms with Crippen molar-refractivity contribution in [2.75, 3.05) is 18.5 Å². The minimum atomic E-state index is -0.376. The Labute approximate surface area is 119 Å². The van der Waals surface area contributed by atoms with Gasteiger partial charge < -0.3 is 20.5 Å². The fourth-order valence-electron chi connectivity index (χ4n) is 1.73. The number of anilines is 1. The van der Waals surface area contributed by atoms with Crippen molar-refractivity contribution in [2.24, 2.45) is 0 Å². The molecule has 0 aliphatic rings. The maximum absolute atomic E-state index is 11.7. The number of carbonyl (C=O) groups is 1. The molecular formula is C15H22N2O3. The lowest BCUT2D eigenvalue weighted by atomic mass is 10.1. The molecule has 1 atom stereocenters. The summed E-state index contributed by atoms with van der Waals surface area (Å²) in [5.74, 6) is 0.550.